The average molecular weight is 384 g/mol. The van der Waals surface area contributed by atoms with E-state index in [0.29, 0.717) is 5.69 Å². The summed E-state index contributed by atoms with van der Waals surface area (Å²) >= 11 is 3.29. The van der Waals surface area contributed by atoms with Crippen molar-refractivity contribution in [1.29, 1.82) is 0 Å². The predicted molar refractivity (Wildman–Crippen MR) is 87.9 cm³/mol. The molecule has 0 aliphatic carbocycles. The largest absolute Gasteiger partial charge is 0.324 e. The van der Waals surface area contributed by atoms with E-state index >= 15 is 0 Å². The van der Waals surface area contributed by atoms with Gasteiger partial charge in [0.1, 0.15) is 0 Å². The number of hydrogen-bond acceptors (Lipinski definition) is 3. The monoisotopic (exact) mass is 383 g/mol. The minimum absolute atomic E-state index is 0.144. The number of urea groups is 1. The molecule has 2 rings (SSSR count). The van der Waals surface area contributed by atoms with E-state index in [1.807, 2.05) is 0 Å². The summed E-state index contributed by atoms with van der Waals surface area (Å²) in [5.41, 5.74) is 0.603. The Labute approximate surface area is 137 Å². The van der Waals surface area contributed by atoms with Crippen LogP contribution in [-0.4, -0.2) is 21.1 Å². The number of amides is 2. The average Bonchev–Trinajstić information content (AvgIpc) is 2.50. The van der Waals surface area contributed by atoms with Crippen molar-refractivity contribution in [3.63, 3.8) is 0 Å². The molecule has 0 saturated heterocycles. The fourth-order valence-corrected chi connectivity index (χ4v) is 2.81. The molecule has 0 bridgehead atoms. The second kappa shape index (κ2) is 7.39. The van der Waals surface area contributed by atoms with Crippen molar-refractivity contribution in [2.24, 2.45) is 0 Å². The van der Waals surface area contributed by atoms with Crippen LogP contribution in [0.5, 0.6) is 0 Å². The lowest BCUT2D eigenvalue weighted by atomic mass is 10.3. The summed E-state index contributed by atoms with van der Waals surface area (Å²) in [6.07, 6.45) is 0. The third-order valence-electron chi connectivity index (χ3n) is 2.67. The highest BCUT2D eigenvalue weighted by Crippen LogP contribution is 2.13. The van der Waals surface area contributed by atoms with Gasteiger partial charge >= 0.3 is 6.03 Å². The van der Waals surface area contributed by atoms with Crippen LogP contribution in [0.1, 0.15) is 0 Å². The van der Waals surface area contributed by atoms with Gasteiger partial charge in [0.25, 0.3) is 0 Å². The number of rotatable bonds is 5. The maximum Gasteiger partial charge on any atom is 0.320 e. The molecule has 0 fully saturated rings. The Balaban J connectivity index is 1.83. The number of hydrogen-bond donors (Lipinski definition) is 3. The summed E-state index contributed by atoms with van der Waals surface area (Å²) in [5, 5.41) is 5.01. The molecular formula is C14H14BrN3O3S. The lowest BCUT2D eigenvalue weighted by Gasteiger charge is -2.09. The lowest BCUT2D eigenvalue weighted by Crippen LogP contribution is -2.39. The standard InChI is InChI=1S/C14H14BrN3O3S/c15-11-6-8-12(9-7-11)18-14(19)16-10-17-22(20,21)13-4-2-1-3-5-13/h1-9,17H,10H2,(H2,16,18,19). The molecule has 0 saturated carbocycles. The summed E-state index contributed by atoms with van der Waals surface area (Å²) in [6.45, 7) is -0.209. The molecule has 0 aliphatic rings. The zero-order valence-corrected chi connectivity index (χ0v) is 13.8. The third kappa shape index (κ3) is 4.83. The molecule has 0 aromatic heterocycles. The van der Waals surface area contributed by atoms with Crippen LogP contribution in [0.15, 0.2) is 64.0 Å². The smallest absolute Gasteiger partial charge is 0.320 e. The Bertz CT molecular complexity index is 734. The number of halogens is 1. The topological polar surface area (TPSA) is 87.3 Å². The number of anilines is 1. The Kier molecular flexibility index (Phi) is 5.53. The summed E-state index contributed by atoms with van der Waals surface area (Å²) in [7, 11) is -3.63. The second-order valence-corrected chi connectivity index (χ2v) is 6.96. The lowest BCUT2D eigenvalue weighted by molar-refractivity contribution is 0.252. The van der Waals surface area contributed by atoms with Crippen molar-refractivity contribution in [2.45, 2.75) is 4.90 Å². The number of carbonyl (C=O) groups is 1. The predicted octanol–water partition coefficient (Wildman–Crippen LogP) is 2.51. The zero-order chi connectivity index (χ0) is 16.0. The van der Waals surface area contributed by atoms with E-state index in [-0.39, 0.29) is 11.6 Å². The molecule has 0 spiro atoms. The van der Waals surface area contributed by atoms with Gasteiger partial charge in [-0.3, -0.25) is 0 Å². The van der Waals surface area contributed by atoms with Crippen LogP contribution >= 0.6 is 15.9 Å². The first kappa shape index (κ1) is 16.5. The molecule has 0 heterocycles. The second-order valence-electron chi connectivity index (χ2n) is 4.28. The Morgan fingerprint density at radius 2 is 1.64 bits per heavy atom. The van der Waals surface area contributed by atoms with Crippen molar-refractivity contribution in [1.82, 2.24) is 10.0 Å². The maximum absolute atomic E-state index is 11.9. The van der Waals surface area contributed by atoms with E-state index < -0.39 is 16.1 Å². The van der Waals surface area contributed by atoms with E-state index in [9.17, 15) is 13.2 Å². The molecule has 0 radical (unpaired) electrons. The molecule has 3 N–H and O–H groups in total. The molecule has 2 amide bonds. The normalized spacial score (nSPS) is 11.0. The summed E-state index contributed by atoms with van der Waals surface area (Å²) in [6, 6.07) is 14.4. The molecule has 2 aromatic rings. The Morgan fingerprint density at radius 1 is 1.00 bits per heavy atom. The van der Waals surface area contributed by atoms with Crippen LogP contribution in [0.4, 0.5) is 10.5 Å². The van der Waals surface area contributed by atoms with Gasteiger partial charge in [0, 0.05) is 10.2 Å². The quantitative estimate of drug-likeness (QED) is 0.693. The summed E-state index contributed by atoms with van der Waals surface area (Å²) in [4.78, 5) is 11.8. The van der Waals surface area contributed by atoms with Crippen LogP contribution in [0.3, 0.4) is 0 Å². The van der Waals surface area contributed by atoms with E-state index in [4.69, 9.17) is 0 Å². The molecule has 0 atom stereocenters. The third-order valence-corrected chi connectivity index (χ3v) is 4.61. The number of sulfonamides is 1. The Morgan fingerprint density at radius 3 is 2.27 bits per heavy atom. The molecule has 8 heteroatoms. The fourth-order valence-electron chi connectivity index (χ4n) is 1.60. The molecule has 2 aromatic carbocycles. The molecule has 6 nitrogen and oxygen atoms in total. The number of carbonyl (C=O) groups excluding carboxylic acids is 1. The molecular weight excluding hydrogens is 370 g/mol. The van der Waals surface area contributed by atoms with Crippen molar-refractivity contribution in [2.75, 3.05) is 12.0 Å². The highest BCUT2D eigenvalue weighted by Gasteiger charge is 2.12. The minimum atomic E-state index is -3.63. The van der Waals surface area contributed by atoms with Gasteiger partial charge in [-0.15, -0.1) is 0 Å². The van der Waals surface area contributed by atoms with E-state index in [2.05, 4.69) is 31.3 Å². The summed E-state index contributed by atoms with van der Waals surface area (Å²) < 4.78 is 27.0. The van der Waals surface area contributed by atoms with Gasteiger partial charge in [-0.2, -0.15) is 4.72 Å². The highest BCUT2D eigenvalue weighted by molar-refractivity contribution is 9.10. The summed E-state index contributed by atoms with van der Waals surface area (Å²) in [5.74, 6) is 0. The van der Waals surface area contributed by atoms with Crippen molar-refractivity contribution >= 4 is 37.7 Å². The number of nitrogens with one attached hydrogen (secondary N) is 3. The Hall–Kier alpha value is -1.90. The first-order valence-corrected chi connectivity index (χ1v) is 8.60. The van der Waals surface area contributed by atoms with E-state index in [1.165, 1.54) is 12.1 Å². The molecule has 0 unspecified atom stereocenters. The number of benzene rings is 2. The molecule has 22 heavy (non-hydrogen) atoms. The van der Waals surface area contributed by atoms with Gasteiger partial charge in [-0.25, -0.2) is 13.2 Å². The fraction of sp³-hybridized carbons (Fsp3) is 0.0714. The molecule has 116 valence electrons. The van der Waals surface area contributed by atoms with Crippen LogP contribution in [0, 0.1) is 0 Å². The highest BCUT2D eigenvalue weighted by atomic mass is 79.9. The van der Waals surface area contributed by atoms with Gasteiger partial charge in [0.15, 0.2) is 0 Å². The van der Waals surface area contributed by atoms with Gasteiger partial charge in [0.2, 0.25) is 10.0 Å². The van der Waals surface area contributed by atoms with Gasteiger partial charge in [-0.05, 0) is 36.4 Å². The first-order valence-electron chi connectivity index (χ1n) is 6.32. The zero-order valence-electron chi connectivity index (χ0n) is 11.4. The minimum Gasteiger partial charge on any atom is -0.324 e. The van der Waals surface area contributed by atoms with Crippen molar-refractivity contribution in [3.05, 3.63) is 59.1 Å². The van der Waals surface area contributed by atoms with Gasteiger partial charge < -0.3 is 10.6 Å². The van der Waals surface area contributed by atoms with Crippen LogP contribution < -0.4 is 15.4 Å². The maximum atomic E-state index is 11.9. The SMILES string of the molecule is O=C(NCNS(=O)(=O)c1ccccc1)Nc1ccc(Br)cc1. The van der Waals surface area contributed by atoms with Gasteiger partial charge in [-0.1, -0.05) is 34.1 Å². The van der Waals surface area contributed by atoms with Gasteiger partial charge in [0.05, 0.1) is 11.6 Å². The van der Waals surface area contributed by atoms with E-state index in [0.717, 1.165) is 4.47 Å². The molecule has 0 aliphatic heterocycles. The van der Waals surface area contributed by atoms with E-state index in [1.54, 1.807) is 42.5 Å². The van der Waals surface area contributed by atoms with Crippen LogP contribution in [-0.2, 0) is 10.0 Å². The van der Waals surface area contributed by atoms with Crippen LogP contribution in [0.25, 0.3) is 0 Å². The van der Waals surface area contributed by atoms with Crippen LogP contribution in [0.2, 0.25) is 0 Å². The first-order chi connectivity index (χ1) is 10.5. The van der Waals surface area contributed by atoms with Crippen molar-refractivity contribution in [3.8, 4) is 0 Å². The van der Waals surface area contributed by atoms with Crippen molar-refractivity contribution < 1.29 is 13.2 Å².